The minimum Gasteiger partial charge on any atom is -0.378 e. The summed E-state index contributed by atoms with van der Waals surface area (Å²) in [6.45, 7) is 2.94. The number of nitro groups is 1. The third-order valence-corrected chi connectivity index (χ3v) is 5.62. The number of carbonyl (C=O) groups excluding carboxylic acids is 1. The van der Waals surface area contributed by atoms with Gasteiger partial charge in [0.05, 0.1) is 35.6 Å². The lowest BCUT2D eigenvalue weighted by Crippen LogP contribution is -2.49. The molecule has 0 radical (unpaired) electrons. The molecule has 1 N–H and O–H groups in total. The highest BCUT2D eigenvalue weighted by Gasteiger charge is 2.29. The molecule has 2 aliphatic rings. The second kappa shape index (κ2) is 8.41. The van der Waals surface area contributed by atoms with Gasteiger partial charge in [-0.1, -0.05) is 0 Å². The van der Waals surface area contributed by atoms with Gasteiger partial charge >= 0.3 is 0 Å². The molecule has 3 rings (SSSR count). The van der Waals surface area contributed by atoms with Crippen molar-refractivity contribution >= 4 is 27.3 Å². The van der Waals surface area contributed by atoms with Gasteiger partial charge in [-0.05, 0) is 18.9 Å². The van der Waals surface area contributed by atoms with E-state index in [1.807, 2.05) is 4.90 Å². The largest absolute Gasteiger partial charge is 0.378 e. The van der Waals surface area contributed by atoms with E-state index in [4.69, 9.17) is 4.74 Å². The zero-order valence-corrected chi connectivity index (χ0v) is 16.5. The van der Waals surface area contributed by atoms with E-state index in [1.165, 1.54) is 12.1 Å². The number of non-ortho nitro benzene ring substituents is 1. The predicted molar refractivity (Wildman–Crippen MR) is 103 cm³/mol. The van der Waals surface area contributed by atoms with Crippen molar-refractivity contribution in [2.75, 3.05) is 50.5 Å². The summed E-state index contributed by atoms with van der Waals surface area (Å²) in [5.41, 5.74) is 0.747. The van der Waals surface area contributed by atoms with Crippen LogP contribution in [0.5, 0.6) is 0 Å². The predicted octanol–water partition coefficient (Wildman–Crippen LogP) is 0.585. The van der Waals surface area contributed by atoms with Crippen molar-refractivity contribution in [1.29, 1.82) is 0 Å². The van der Waals surface area contributed by atoms with Crippen LogP contribution in [0, 0.1) is 10.1 Å². The number of amides is 1. The van der Waals surface area contributed by atoms with Crippen molar-refractivity contribution < 1.29 is 22.9 Å². The molecule has 0 aromatic heterocycles. The molecule has 1 aromatic rings. The number of nitro benzene ring substituents is 1. The molecule has 2 heterocycles. The van der Waals surface area contributed by atoms with Gasteiger partial charge in [0.1, 0.15) is 0 Å². The summed E-state index contributed by atoms with van der Waals surface area (Å²) in [5.74, 6) is -0.329. The zero-order chi connectivity index (χ0) is 20.3. The van der Waals surface area contributed by atoms with E-state index in [2.05, 4.69) is 4.72 Å². The van der Waals surface area contributed by atoms with Crippen LogP contribution in [-0.4, -0.2) is 75.8 Å². The van der Waals surface area contributed by atoms with Crippen LogP contribution in [-0.2, 0) is 14.8 Å². The average Bonchev–Trinajstić information content (AvgIpc) is 2.66. The number of ether oxygens (including phenoxy) is 1. The van der Waals surface area contributed by atoms with Gasteiger partial charge < -0.3 is 14.5 Å². The third kappa shape index (κ3) is 4.97. The highest BCUT2D eigenvalue weighted by Crippen LogP contribution is 2.28. The molecule has 10 nitrogen and oxygen atoms in total. The fraction of sp³-hybridized carbons (Fsp3) is 0.588. The fourth-order valence-corrected chi connectivity index (χ4v) is 4.42. The Kier molecular flexibility index (Phi) is 6.16. The quantitative estimate of drug-likeness (QED) is 0.555. The highest BCUT2D eigenvalue weighted by atomic mass is 32.2. The number of hydrogen-bond acceptors (Lipinski definition) is 7. The smallest absolute Gasteiger partial charge is 0.270 e. The number of rotatable bonds is 5. The van der Waals surface area contributed by atoms with Gasteiger partial charge in [0, 0.05) is 44.4 Å². The van der Waals surface area contributed by atoms with E-state index >= 15 is 0 Å². The van der Waals surface area contributed by atoms with Crippen molar-refractivity contribution in [3.8, 4) is 0 Å². The molecule has 0 bridgehead atoms. The summed E-state index contributed by atoms with van der Waals surface area (Å²) in [6.07, 6.45) is 2.38. The normalized spacial score (nSPS) is 20.8. The van der Waals surface area contributed by atoms with E-state index in [1.54, 1.807) is 11.0 Å². The maximum absolute atomic E-state index is 13.2. The van der Waals surface area contributed by atoms with Crippen LogP contribution in [0.2, 0.25) is 0 Å². The van der Waals surface area contributed by atoms with Crippen LogP contribution >= 0.6 is 0 Å². The van der Waals surface area contributed by atoms with Gasteiger partial charge in [0.15, 0.2) is 0 Å². The lowest BCUT2D eigenvalue weighted by Gasteiger charge is -2.35. The SMILES string of the molecule is CS(=O)(=O)NC1CCCN(C(=O)c2cc([N+](=O)[O-])ccc2N2CCOCC2)C1. The number of likely N-dealkylation sites (tertiary alicyclic amines) is 1. The molecule has 1 amide bonds. The van der Waals surface area contributed by atoms with E-state index < -0.39 is 14.9 Å². The maximum atomic E-state index is 13.2. The Morgan fingerprint density at radius 2 is 2.00 bits per heavy atom. The fourth-order valence-electron chi connectivity index (χ4n) is 3.62. The number of nitrogens with zero attached hydrogens (tertiary/aromatic N) is 3. The van der Waals surface area contributed by atoms with E-state index in [0.717, 1.165) is 6.26 Å². The standard InChI is InChI=1S/C17H24N4O6S/c1-28(25,26)18-13-3-2-6-20(12-13)17(22)15-11-14(21(23)24)4-5-16(15)19-7-9-27-10-8-19/h4-5,11,13,18H,2-3,6-10,12H2,1H3. The van der Waals surface area contributed by atoms with Crippen LogP contribution in [0.3, 0.4) is 0 Å². The van der Waals surface area contributed by atoms with Crippen molar-refractivity contribution in [3.63, 3.8) is 0 Å². The zero-order valence-electron chi connectivity index (χ0n) is 15.7. The van der Waals surface area contributed by atoms with Gasteiger partial charge in [-0.3, -0.25) is 14.9 Å². The maximum Gasteiger partial charge on any atom is 0.270 e. The monoisotopic (exact) mass is 412 g/mol. The molecule has 1 aromatic carbocycles. The molecule has 2 fully saturated rings. The molecule has 28 heavy (non-hydrogen) atoms. The van der Waals surface area contributed by atoms with Crippen LogP contribution in [0.25, 0.3) is 0 Å². The first-order valence-corrected chi connectivity index (χ1v) is 11.0. The summed E-state index contributed by atoms with van der Waals surface area (Å²) < 4.78 is 30.9. The average molecular weight is 412 g/mol. The van der Waals surface area contributed by atoms with Gasteiger partial charge in [-0.25, -0.2) is 13.1 Å². The lowest BCUT2D eigenvalue weighted by atomic mass is 10.0. The van der Waals surface area contributed by atoms with E-state index in [0.29, 0.717) is 51.4 Å². The first kappa shape index (κ1) is 20.5. The van der Waals surface area contributed by atoms with Gasteiger partial charge in [-0.2, -0.15) is 0 Å². The number of morpholine rings is 1. The first-order chi connectivity index (χ1) is 13.2. The molecule has 11 heteroatoms. The molecule has 2 aliphatic heterocycles. The summed E-state index contributed by atoms with van der Waals surface area (Å²) >= 11 is 0. The number of sulfonamides is 1. The number of carbonyl (C=O) groups is 1. The van der Waals surface area contributed by atoms with Crippen LogP contribution in [0.15, 0.2) is 18.2 Å². The van der Waals surface area contributed by atoms with Crippen molar-refractivity contribution in [1.82, 2.24) is 9.62 Å². The number of piperidine rings is 1. The molecule has 2 saturated heterocycles. The van der Waals surface area contributed by atoms with Crippen LogP contribution in [0.1, 0.15) is 23.2 Å². The summed E-state index contributed by atoms with van der Waals surface area (Å²) in [6, 6.07) is 3.94. The molecule has 0 aliphatic carbocycles. The Labute approximate surface area is 163 Å². The summed E-state index contributed by atoms with van der Waals surface area (Å²) in [4.78, 5) is 27.5. The van der Waals surface area contributed by atoms with Crippen LogP contribution in [0.4, 0.5) is 11.4 Å². The van der Waals surface area contributed by atoms with Crippen molar-refractivity contribution in [2.24, 2.45) is 0 Å². The topological polar surface area (TPSA) is 122 Å². The number of anilines is 1. The molecule has 0 saturated carbocycles. The molecule has 1 atom stereocenters. The summed E-state index contributed by atoms with van der Waals surface area (Å²) in [5, 5.41) is 11.2. The third-order valence-electron chi connectivity index (χ3n) is 4.86. The van der Waals surface area contributed by atoms with E-state index in [9.17, 15) is 23.3 Å². The van der Waals surface area contributed by atoms with E-state index in [-0.39, 0.29) is 29.7 Å². The minimum absolute atomic E-state index is 0.150. The van der Waals surface area contributed by atoms with Gasteiger partial charge in [0.25, 0.3) is 11.6 Å². The molecular formula is C17H24N4O6S. The lowest BCUT2D eigenvalue weighted by molar-refractivity contribution is -0.384. The Morgan fingerprint density at radius 1 is 1.29 bits per heavy atom. The highest BCUT2D eigenvalue weighted by molar-refractivity contribution is 7.88. The van der Waals surface area contributed by atoms with Crippen LogP contribution < -0.4 is 9.62 Å². The Balaban J connectivity index is 1.88. The van der Waals surface area contributed by atoms with Gasteiger partial charge in [0.2, 0.25) is 10.0 Å². The molecule has 154 valence electrons. The Hall–Kier alpha value is -2.24. The first-order valence-electron chi connectivity index (χ1n) is 9.12. The number of nitrogens with one attached hydrogen (secondary N) is 1. The van der Waals surface area contributed by atoms with Crippen molar-refractivity contribution in [3.05, 3.63) is 33.9 Å². The Bertz CT molecular complexity index is 853. The number of hydrogen-bond donors (Lipinski definition) is 1. The molecular weight excluding hydrogens is 388 g/mol. The molecule has 1 unspecified atom stereocenters. The number of benzene rings is 1. The minimum atomic E-state index is -3.38. The van der Waals surface area contributed by atoms with Crippen molar-refractivity contribution in [2.45, 2.75) is 18.9 Å². The molecule has 0 spiro atoms. The Morgan fingerprint density at radius 3 is 2.64 bits per heavy atom. The second-order valence-electron chi connectivity index (χ2n) is 7.04. The second-order valence-corrected chi connectivity index (χ2v) is 8.82. The van der Waals surface area contributed by atoms with Gasteiger partial charge in [-0.15, -0.1) is 0 Å². The summed E-state index contributed by atoms with van der Waals surface area (Å²) in [7, 11) is -3.38.